The minimum atomic E-state index is -0.469. The zero-order valence-corrected chi connectivity index (χ0v) is 14.8. The van der Waals surface area contributed by atoms with Gasteiger partial charge in [-0.3, -0.25) is 4.79 Å². The van der Waals surface area contributed by atoms with Gasteiger partial charge in [-0.1, -0.05) is 23.9 Å². The largest absolute Gasteiger partial charge is 0.497 e. The molecule has 0 saturated carbocycles. The van der Waals surface area contributed by atoms with Crippen LogP contribution >= 0.6 is 11.8 Å². The zero-order valence-electron chi connectivity index (χ0n) is 14.0. The number of ether oxygens (including phenoxy) is 1. The van der Waals surface area contributed by atoms with Crippen LogP contribution in [0.5, 0.6) is 5.75 Å². The molecule has 1 heterocycles. The molecule has 1 N–H and O–H groups in total. The van der Waals surface area contributed by atoms with Gasteiger partial charge in [-0.2, -0.15) is 0 Å². The van der Waals surface area contributed by atoms with Gasteiger partial charge < -0.3 is 10.1 Å². The number of hydrogen-bond acceptors (Lipinski definition) is 5. The number of halogens is 1. The van der Waals surface area contributed by atoms with E-state index in [0.29, 0.717) is 5.16 Å². The summed E-state index contributed by atoms with van der Waals surface area (Å²) >= 11 is 1.19. The van der Waals surface area contributed by atoms with Crippen LogP contribution < -0.4 is 10.1 Å². The predicted molar refractivity (Wildman–Crippen MR) is 99.8 cm³/mol. The van der Waals surface area contributed by atoms with Crippen LogP contribution in [0.15, 0.2) is 66.0 Å². The average Bonchev–Trinajstić information content (AvgIpc) is 2.68. The second-order valence-corrected chi connectivity index (χ2v) is 6.21. The molecule has 1 aromatic heterocycles. The molecule has 7 heteroatoms. The fourth-order valence-corrected chi connectivity index (χ4v) is 2.84. The second-order valence-electron chi connectivity index (χ2n) is 5.27. The summed E-state index contributed by atoms with van der Waals surface area (Å²) in [6, 6.07) is 15.3. The highest BCUT2D eigenvalue weighted by atomic mass is 32.2. The molecule has 3 aromatic rings. The van der Waals surface area contributed by atoms with Gasteiger partial charge in [0, 0.05) is 11.8 Å². The molecule has 0 aliphatic rings. The molecule has 26 heavy (non-hydrogen) atoms. The van der Waals surface area contributed by atoms with Crippen LogP contribution in [0.3, 0.4) is 0 Å². The summed E-state index contributed by atoms with van der Waals surface area (Å²) in [5.74, 6) is 0.0600. The number of aromatic nitrogens is 2. The molecule has 1 amide bonds. The van der Waals surface area contributed by atoms with Crippen molar-refractivity contribution in [2.24, 2.45) is 0 Å². The minimum Gasteiger partial charge on any atom is -0.497 e. The molecule has 0 aliphatic carbocycles. The van der Waals surface area contributed by atoms with Gasteiger partial charge in [-0.25, -0.2) is 14.4 Å². The number of amides is 1. The van der Waals surface area contributed by atoms with Crippen LogP contribution in [0, 0.1) is 5.82 Å². The van der Waals surface area contributed by atoms with Crippen molar-refractivity contribution in [2.75, 3.05) is 18.2 Å². The lowest BCUT2D eigenvalue weighted by atomic mass is 10.1. The standard InChI is InChI=1S/C19H16FN3O2S/c1-25-14-8-6-13(7-9-14)16-10-11-21-19(23-16)26-12-18(24)22-17-5-3-2-4-15(17)20/h2-11H,12H2,1H3,(H,22,24). The minimum absolute atomic E-state index is 0.0837. The Kier molecular flexibility index (Phi) is 5.80. The van der Waals surface area contributed by atoms with Crippen molar-refractivity contribution in [1.82, 2.24) is 9.97 Å². The number of anilines is 1. The smallest absolute Gasteiger partial charge is 0.234 e. The second kappa shape index (κ2) is 8.44. The first-order valence-corrected chi connectivity index (χ1v) is 8.79. The van der Waals surface area contributed by atoms with E-state index in [1.807, 2.05) is 24.3 Å². The maximum atomic E-state index is 13.6. The Morgan fingerprint density at radius 1 is 1.15 bits per heavy atom. The number of nitrogens with one attached hydrogen (secondary N) is 1. The number of benzene rings is 2. The Morgan fingerprint density at radius 2 is 1.92 bits per heavy atom. The van der Waals surface area contributed by atoms with Gasteiger partial charge >= 0.3 is 0 Å². The van der Waals surface area contributed by atoms with Crippen molar-refractivity contribution < 1.29 is 13.9 Å². The van der Waals surface area contributed by atoms with Gasteiger partial charge in [0.2, 0.25) is 5.91 Å². The fraction of sp³-hybridized carbons (Fsp3) is 0.105. The Bertz CT molecular complexity index is 903. The van der Waals surface area contributed by atoms with Gasteiger partial charge in [-0.15, -0.1) is 0 Å². The lowest BCUT2D eigenvalue weighted by Gasteiger charge is -2.07. The molecule has 132 valence electrons. The van der Waals surface area contributed by atoms with Gasteiger partial charge in [0.05, 0.1) is 24.2 Å². The number of rotatable bonds is 6. The summed E-state index contributed by atoms with van der Waals surface area (Å²) in [6.45, 7) is 0. The number of nitrogens with zero attached hydrogens (tertiary/aromatic N) is 2. The molecule has 5 nitrogen and oxygen atoms in total. The summed E-state index contributed by atoms with van der Waals surface area (Å²) in [6.07, 6.45) is 1.64. The van der Waals surface area contributed by atoms with E-state index in [-0.39, 0.29) is 17.3 Å². The third-order valence-electron chi connectivity index (χ3n) is 3.50. The van der Waals surface area contributed by atoms with E-state index >= 15 is 0 Å². The SMILES string of the molecule is COc1ccc(-c2ccnc(SCC(=O)Nc3ccccc3F)n2)cc1. The lowest BCUT2D eigenvalue weighted by Crippen LogP contribution is -2.15. The number of methoxy groups -OCH3 is 1. The summed E-state index contributed by atoms with van der Waals surface area (Å²) in [5, 5.41) is 3.01. The molecule has 0 spiro atoms. The van der Waals surface area contributed by atoms with E-state index in [0.717, 1.165) is 17.0 Å². The number of para-hydroxylation sites is 1. The lowest BCUT2D eigenvalue weighted by molar-refractivity contribution is -0.113. The normalized spacial score (nSPS) is 10.4. The molecule has 0 fully saturated rings. The summed E-state index contributed by atoms with van der Waals surface area (Å²) in [4.78, 5) is 20.6. The summed E-state index contributed by atoms with van der Waals surface area (Å²) in [7, 11) is 1.61. The maximum absolute atomic E-state index is 13.6. The number of thioether (sulfide) groups is 1. The molecular formula is C19H16FN3O2S. The highest BCUT2D eigenvalue weighted by Gasteiger charge is 2.09. The van der Waals surface area contributed by atoms with Crippen LogP contribution in [0.1, 0.15) is 0 Å². The van der Waals surface area contributed by atoms with Crippen LogP contribution in [-0.4, -0.2) is 28.7 Å². The Morgan fingerprint density at radius 3 is 2.65 bits per heavy atom. The molecule has 0 aliphatic heterocycles. The fourth-order valence-electron chi connectivity index (χ4n) is 2.21. The first-order valence-electron chi connectivity index (χ1n) is 7.80. The van der Waals surface area contributed by atoms with Crippen molar-refractivity contribution >= 4 is 23.4 Å². The van der Waals surface area contributed by atoms with Crippen molar-refractivity contribution in [2.45, 2.75) is 5.16 Å². The van der Waals surface area contributed by atoms with Crippen molar-refractivity contribution in [1.29, 1.82) is 0 Å². The predicted octanol–water partition coefficient (Wildman–Crippen LogP) is 4.02. The van der Waals surface area contributed by atoms with E-state index in [2.05, 4.69) is 15.3 Å². The Balaban J connectivity index is 1.63. The summed E-state index contributed by atoms with van der Waals surface area (Å²) < 4.78 is 18.7. The van der Waals surface area contributed by atoms with Crippen LogP contribution in [0.4, 0.5) is 10.1 Å². The first kappa shape index (κ1) is 17.9. The number of hydrogen-bond donors (Lipinski definition) is 1. The van der Waals surface area contributed by atoms with E-state index in [9.17, 15) is 9.18 Å². The molecule has 0 saturated heterocycles. The third kappa shape index (κ3) is 4.58. The topological polar surface area (TPSA) is 64.1 Å². The molecule has 0 atom stereocenters. The number of carbonyl (C=O) groups is 1. The van der Waals surface area contributed by atoms with Crippen molar-refractivity contribution in [3.8, 4) is 17.0 Å². The van der Waals surface area contributed by atoms with Crippen molar-refractivity contribution in [3.63, 3.8) is 0 Å². The van der Waals surface area contributed by atoms with Gasteiger partial charge in [0.25, 0.3) is 0 Å². The molecule has 3 rings (SSSR count). The third-order valence-corrected chi connectivity index (χ3v) is 4.36. The highest BCUT2D eigenvalue weighted by molar-refractivity contribution is 7.99. The Labute approximate surface area is 154 Å². The van der Waals surface area contributed by atoms with Crippen LogP contribution in [0.25, 0.3) is 11.3 Å². The van der Waals surface area contributed by atoms with E-state index in [1.54, 1.807) is 31.5 Å². The first-order chi connectivity index (χ1) is 12.7. The summed E-state index contributed by atoms with van der Waals surface area (Å²) in [5.41, 5.74) is 1.83. The van der Waals surface area contributed by atoms with Gasteiger partial charge in [0.15, 0.2) is 5.16 Å². The molecule has 0 radical (unpaired) electrons. The molecular weight excluding hydrogens is 353 g/mol. The maximum Gasteiger partial charge on any atom is 0.234 e. The highest BCUT2D eigenvalue weighted by Crippen LogP contribution is 2.23. The van der Waals surface area contributed by atoms with Crippen LogP contribution in [0.2, 0.25) is 0 Å². The van der Waals surface area contributed by atoms with E-state index < -0.39 is 5.82 Å². The zero-order chi connectivity index (χ0) is 18.4. The van der Waals surface area contributed by atoms with Crippen molar-refractivity contribution in [3.05, 3.63) is 66.6 Å². The Hall–Kier alpha value is -2.93. The molecule has 0 unspecified atom stereocenters. The van der Waals surface area contributed by atoms with E-state index in [4.69, 9.17) is 4.74 Å². The van der Waals surface area contributed by atoms with Gasteiger partial charge in [-0.05, 0) is 42.5 Å². The molecule has 2 aromatic carbocycles. The van der Waals surface area contributed by atoms with Gasteiger partial charge in [0.1, 0.15) is 11.6 Å². The molecule has 0 bridgehead atoms. The quantitative estimate of drug-likeness (QED) is 0.525. The van der Waals surface area contributed by atoms with Crippen LogP contribution in [-0.2, 0) is 4.79 Å². The van der Waals surface area contributed by atoms with E-state index in [1.165, 1.54) is 23.9 Å². The monoisotopic (exact) mass is 369 g/mol. The average molecular weight is 369 g/mol. The number of carbonyl (C=O) groups excluding carboxylic acids is 1.